The molecule has 2 heterocycles. The van der Waals surface area contributed by atoms with E-state index in [0.29, 0.717) is 12.2 Å². The summed E-state index contributed by atoms with van der Waals surface area (Å²) in [6.07, 6.45) is 7.49. The van der Waals surface area contributed by atoms with Crippen molar-refractivity contribution in [2.75, 3.05) is 0 Å². The maximum absolute atomic E-state index is 9.16. The van der Waals surface area contributed by atoms with Crippen molar-refractivity contribution in [3.63, 3.8) is 0 Å². The number of fused-ring (bicyclic) bond motifs is 1. The van der Waals surface area contributed by atoms with Crippen LogP contribution >= 0.6 is 12.4 Å². The molecule has 0 fully saturated rings. The van der Waals surface area contributed by atoms with Gasteiger partial charge in [-0.1, -0.05) is 36.4 Å². The first-order valence-corrected chi connectivity index (χ1v) is 8.50. The summed E-state index contributed by atoms with van der Waals surface area (Å²) in [5.41, 5.74) is 3.72. The zero-order chi connectivity index (χ0) is 17.1. The zero-order valence-electron chi connectivity index (χ0n) is 14.3. The van der Waals surface area contributed by atoms with Gasteiger partial charge >= 0.3 is 0 Å². The highest BCUT2D eigenvalue weighted by molar-refractivity contribution is 5.85. The van der Waals surface area contributed by atoms with Gasteiger partial charge in [0.1, 0.15) is 5.60 Å². The number of aromatic nitrogens is 2. The van der Waals surface area contributed by atoms with Crippen LogP contribution in [-0.2, 0) is 23.5 Å². The van der Waals surface area contributed by atoms with Crippen LogP contribution in [0.4, 0.5) is 0 Å². The van der Waals surface area contributed by atoms with Gasteiger partial charge in [-0.3, -0.25) is 0 Å². The summed E-state index contributed by atoms with van der Waals surface area (Å²) < 4.78 is 8.47. The van der Waals surface area contributed by atoms with Crippen LogP contribution in [0.3, 0.4) is 0 Å². The normalized spacial score (nSPS) is 18.0. The predicted molar refractivity (Wildman–Crippen MR) is 102 cm³/mol. The summed E-state index contributed by atoms with van der Waals surface area (Å²) >= 11 is 0. The Kier molecular flexibility index (Phi) is 5.41. The van der Waals surface area contributed by atoms with E-state index in [-0.39, 0.29) is 12.4 Å². The summed E-state index contributed by atoms with van der Waals surface area (Å²) in [5.74, 6) is 0. The number of ether oxygens (including phenoxy) is 1. The second-order valence-electron chi connectivity index (χ2n) is 6.37. The van der Waals surface area contributed by atoms with Crippen molar-refractivity contribution in [3.05, 3.63) is 89.5 Å². The first-order chi connectivity index (χ1) is 12.3. The molecule has 4 nitrogen and oxygen atoms in total. The molecule has 1 aromatic heterocycles. The van der Waals surface area contributed by atoms with Crippen LogP contribution in [0.25, 0.3) is 0 Å². The summed E-state index contributed by atoms with van der Waals surface area (Å²) in [5, 5.41) is 9.16. The Hall–Kier alpha value is -2.61. The number of hydrogen-bond acceptors (Lipinski definition) is 3. The first kappa shape index (κ1) is 18.2. The van der Waals surface area contributed by atoms with Gasteiger partial charge in [0.2, 0.25) is 0 Å². The smallest absolute Gasteiger partial charge is 0.119 e. The van der Waals surface area contributed by atoms with Gasteiger partial charge in [-0.15, -0.1) is 12.4 Å². The Labute approximate surface area is 159 Å². The van der Waals surface area contributed by atoms with Gasteiger partial charge in [-0.25, -0.2) is 4.98 Å². The van der Waals surface area contributed by atoms with E-state index in [9.17, 15) is 0 Å². The molecule has 3 aromatic rings. The van der Waals surface area contributed by atoms with Crippen molar-refractivity contribution in [1.29, 1.82) is 5.26 Å². The van der Waals surface area contributed by atoms with Crippen LogP contribution in [0.2, 0.25) is 0 Å². The van der Waals surface area contributed by atoms with Gasteiger partial charge < -0.3 is 9.30 Å². The number of aryl methyl sites for hydroxylation is 1. The van der Waals surface area contributed by atoms with Gasteiger partial charge in [-0.05, 0) is 41.7 Å². The SMILES string of the molecule is Cl.N#Cc1ccc2c(c1)COC2(CCCn1ccnc1)c1ccccc1. The van der Waals surface area contributed by atoms with E-state index in [1.54, 1.807) is 6.20 Å². The monoisotopic (exact) mass is 365 g/mol. The Morgan fingerprint density at radius 3 is 2.77 bits per heavy atom. The highest BCUT2D eigenvalue weighted by atomic mass is 35.5. The molecule has 0 N–H and O–H groups in total. The molecule has 26 heavy (non-hydrogen) atoms. The molecule has 1 aliphatic heterocycles. The molecule has 0 spiro atoms. The fourth-order valence-electron chi connectivity index (χ4n) is 3.68. The van der Waals surface area contributed by atoms with E-state index in [4.69, 9.17) is 10.00 Å². The van der Waals surface area contributed by atoms with Crippen molar-refractivity contribution in [2.24, 2.45) is 0 Å². The second kappa shape index (κ2) is 7.74. The number of benzene rings is 2. The van der Waals surface area contributed by atoms with Gasteiger partial charge in [0, 0.05) is 18.9 Å². The van der Waals surface area contributed by atoms with Gasteiger partial charge in [0.25, 0.3) is 0 Å². The van der Waals surface area contributed by atoms with Gasteiger partial charge in [-0.2, -0.15) is 5.26 Å². The van der Waals surface area contributed by atoms with Crippen LogP contribution in [0, 0.1) is 11.3 Å². The standard InChI is InChI=1S/C21H19N3O.ClH/c22-14-17-7-8-20-18(13-17)15-25-21(20,19-5-2-1-3-6-19)9-4-11-24-12-10-23-16-24;/h1-3,5-8,10,12-13,16H,4,9,11,15H2;1H. The lowest BCUT2D eigenvalue weighted by Crippen LogP contribution is -2.27. The third-order valence-corrected chi connectivity index (χ3v) is 4.89. The molecular weight excluding hydrogens is 346 g/mol. The van der Waals surface area contributed by atoms with Crippen molar-refractivity contribution >= 4 is 12.4 Å². The van der Waals surface area contributed by atoms with E-state index in [1.165, 1.54) is 11.1 Å². The Bertz CT molecular complexity index is 903. The lowest BCUT2D eigenvalue weighted by Gasteiger charge is -2.30. The molecule has 132 valence electrons. The molecule has 1 unspecified atom stereocenters. The minimum Gasteiger partial charge on any atom is -0.361 e. The average molecular weight is 366 g/mol. The molecule has 0 saturated carbocycles. The third kappa shape index (κ3) is 3.24. The molecule has 1 aliphatic rings. The molecule has 5 heteroatoms. The summed E-state index contributed by atoms with van der Waals surface area (Å²) in [7, 11) is 0. The number of hydrogen-bond donors (Lipinski definition) is 0. The maximum Gasteiger partial charge on any atom is 0.119 e. The molecule has 0 saturated heterocycles. The highest BCUT2D eigenvalue weighted by Gasteiger charge is 2.41. The van der Waals surface area contributed by atoms with Crippen LogP contribution in [0.1, 0.15) is 35.1 Å². The Balaban J connectivity index is 0.00000196. The quantitative estimate of drug-likeness (QED) is 0.672. The minimum atomic E-state index is -0.439. The Morgan fingerprint density at radius 2 is 2.04 bits per heavy atom. The molecular formula is C21H20ClN3O. The fourth-order valence-corrected chi connectivity index (χ4v) is 3.68. The number of nitriles is 1. The number of halogens is 1. The van der Waals surface area contributed by atoms with Crippen molar-refractivity contribution in [3.8, 4) is 6.07 Å². The molecule has 0 bridgehead atoms. The van der Waals surface area contributed by atoms with Crippen LogP contribution in [-0.4, -0.2) is 9.55 Å². The fraction of sp³-hybridized carbons (Fsp3) is 0.238. The van der Waals surface area contributed by atoms with Crippen molar-refractivity contribution in [1.82, 2.24) is 9.55 Å². The number of rotatable bonds is 5. The number of nitrogens with zero attached hydrogens (tertiary/aromatic N) is 3. The summed E-state index contributed by atoms with van der Waals surface area (Å²) in [4.78, 5) is 4.10. The van der Waals surface area contributed by atoms with Crippen LogP contribution in [0.5, 0.6) is 0 Å². The van der Waals surface area contributed by atoms with E-state index in [0.717, 1.165) is 24.9 Å². The Morgan fingerprint density at radius 1 is 1.19 bits per heavy atom. The van der Waals surface area contributed by atoms with Crippen LogP contribution in [0.15, 0.2) is 67.3 Å². The first-order valence-electron chi connectivity index (χ1n) is 8.50. The molecule has 0 radical (unpaired) electrons. The average Bonchev–Trinajstić information content (AvgIpc) is 3.31. The zero-order valence-corrected chi connectivity index (χ0v) is 15.2. The molecule has 1 atom stereocenters. The maximum atomic E-state index is 9.16. The van der Waals surface area contributed by atoms with E-state index >= 15 is 0 Å². The number of imidazole rings is 1. The summed E-state index contributed by atoms with van der Waals surface area (Å²) in [6, 6.07) is 18.5. The van der Waals surface area contributed by atoms with E-state index in [2.05, 4.69) is 46.0 Å². The summed E-state index contributed by atoms with van der Waals surface area (Å²) in [6.45, 7) is 1.45. The molecule has 4 rings (SSSR count). The van der Waals surface area contributed by atoms with Crippen LogP contribution < -0.4 is 0 Å². The van der Waals surface area contributed by atoms with E-state index in [1.807, 2.05) is 30.7 Å². The van der Waals surface area contributed by atoms with Gasteiger partial charge in [0.15, 0.2) is 0 Å². The van der Waals surface area contributed by atoms with Crippen molar-refractivity contribution in [2.45, 2.75) is 31.6 Å². The lowest BCUT2D eigenvalue weighted by atomic mass is 9.81. The molecule has 2 aromatic carbocycles. The predicted octanol–water partition coefficient (Wildman–Crippen LogP) is 4.43. The molecule has 0 aliphatic carbocycles. The topological polar surface area (TPSA) is 50.8 Å². The second-order valence-corrected chi connectivity index (χ2v) is 6.37. The van der Waals surface area contributed by atoms with Gasteiger partial charge in [0.05, 0.1) is 24.6 Å². The molecule has 0 amide bonds. The lowest BCUT2D eigenvalue weighted by molar-refractivity contribution is -0.0137. The minimum absolute atomic E-state index is 0. The van der Waals surface area contributed by atoms with Crippen molar-refractivity contribution < 1.29 is 4.74 Å². The van der Waals surface area contributed by atoms with E-state index < -0.39 is 5.60 Å². The highest BCUT2D eigenvalue weighted by Crippen LogP contribution is 2.45. The third-order valence-electron chi connectivity index (χ3n) is 4.89. The largest absolute Gasteiger partial charge is 0.361 e.